The van der Waals surface area contributed by atoms with E-state index in [4.69, 9.17) is 4.74 Å². The smallest absolute Gasteiger partial charge is 0.327 e. The highest BCUT2D eigenvalue weighted by Gasteiger charge is 2.23. The Morgan fingerprint density at radius 1 is 1.15 bits per heavy atom. The van der Waals surface area contributed by atoms with E-state index >= 15 is 0 Å². The molecule has 0 aromatic heterocycles. The Morgan fingerprint density at radius 3 is 2.26 bits per heavy atom. The van der Waals surface area contributed by atoms with Gasteiger partial charge in [-0.05, 0) is 39.3 Å². The Bertz CT molecular complexity index is 814. The molecule has 0 unspecified atom stereocenters. The SMILES string of the molecule is Cc1ccccc1N(CC(=O)OCC(=O)NC(=O)NC(C)(C)C)S(C)(=O)=O. The number of nitrogens with one attached hydrogen (secondary N) is 2. The predicted octanol–water partition coefficient (Wildman–Crippen LogP) is 0.929. The van der Waals surface area contributed by atoms with Gasteiger partial charge in [0.15, 0.2) is 6.61 Å². The van der Waals surface area contributed by atoms with Gasteiger partial charge in [-0.1, -0.05) is 18.2 Å². The number of urea groups is 1. The number of benzene rings is 1. The molecule has 0 atom stereocenters. The first-order chi connectivity index (χ1) is 12.3. The van der Waals surface area contributed by atoms with Crippen LogP contribution in [0.5, 0.6) is 0 Å². The number of hydrogen-bond acceptors (Lipinski definition) is 6. The van der Waals surface area contributed by atoms with Crippen LogP contribution in [0.1, 0.15) is 26.3 Å². The number of nitrogens with zero attached hydrogens (tertiary/aromatic N) is 1. The summed E-state index contributed by atoms with van der Waals surface area (Å²) >= 11 is 0. The van der Waals surface area contributed by atoms with Crippen LogP contribution in [0.2, 0.25) is 0 Å². The Kier molecular flexibility index (Phi) is 7.35. The molecular weight excluding hydrogens is 374 g/mol. The van der Waals surface area contributed by atoms with Crippen LogP contribution in [0.4, 0.5) is 10.5 Å². The number of amides is 3. The van der Waals surface area contributed by atoms with E-state index in [9.17, 15) is 22.8 Å². The summed E-state index contributed by atoms with van der Waals surface area (Å²) in [6.45, 7) is 5.63. The number of imide groups is 1. The first kappa shape index (κ1) is 22.4. The third-order valence-corrected chi connectivity index (χ3v) is 4.29. The molecule has 0 radical (unpaired) electrons. The molecule has 0 saturated carbocycles. The summed E-state index contributed by atoms with van der Waals surface area (Å²) in [6, 6.07) is 5.94. The van der Waals surface area contributed by atoms with Crippen molar-refractivity contribution in [3.05, 3.63) is 29.8 Å². The number of anilines is 1. The Morgan fingerprint density at radius 2 is 1.74 bits per heavy atom. The summed E-state index contributed by atoms with van der Waals surface area (Å²) < 4.78 is 29.7. The van der Waals surface area contributed by atoms with E-state index in [-0.39, 0.29) is 0 Å². The van der Waals surface area contributed by atoms with Crippen LogP contribution in [0.15, 0.2) is 24.3 Å². The molecule has 9 nitrogen and oxygen atoms in total. The molecule has 1 aromatic carbocycles. The van der Waals surface area contributed by atoms with E-state index in [1.165, 1.54) is 0 Å². The highest BCUT2D eigenvalue weighted by atomic mass is 32.2. The quantitative estimate of drug-likeness (QED) is 0.686. The monoisotopic (exact) mass is 399 g/mol. The van der Waals surface area contributed by atoms with Crippen LogP contribution in [0.3, 0.4) is 0 Å². The lowest BCUT2D eigenvalue weighted by Crippen LogP contribution is -2.49. The second-order valence-electron chi connectivity index (χ2n) is 6.97. The fraction of sp³-hybridized carbons (Fsp3) is 0.471. The standard InChI is InChI=1S/C17H25N3O6S/c1-12-8-6-7-9-13(12)20(27(5,24)25)10-15(22)26-11-14(21)18-16(23)19-17(2,3)4/h6-9H,10-11H2,1-5H3,(H2,18,19,21,23). The number of sulfonamides is 1. The Hall–Kier alpha value is -2.62. The number of carbonyl (C=O) groups is 3. The molecule has 27 heavy (non-hydrogen) atoms. The van der Waals surface area contributed by atoms with Crippen molar-refractivity contribution in [2.75, 3.05) is 23.7 Å². The van der Waals surface area contributed by atoms with E-state index in [1.54, 1.807) is 52.0 Å². The lowest BCUT2D eigenvalue weighted by Gasteiger charge is -2.23. The van der Waals surface area contributed by atoms with E-state index in [1.807, 2.05) is 5.32 Å². The molecule has 0 bridgehead atoms. The van der Waals surface area contributed by atoms with Crippen LogP contribution in [0, 0.1) is 6.92 Å². The highest BCUT2D eigenvalue weighted by molar-refractivity contribution is 7.92. The fourth-order valence-corrected chi connectivity index (χ4v) is 2.97. The van der Waals surface area contributed by atoms with Gasteiger partial charge in [-0.3, -0.25) is 19.2 Å². The molecule has 150 valence electrons. The van der Waals surface area contributed by atoms with Crippen molar-refractivity contribution in [2.45, 2.75) is 33.2 Å². The molecule has 0 spiro atoms. The molecule has 10 heteroatoms. The Labute approximate surface area is 159 Å². The van der Waals surface area contributed by atoms with Gasteiger partial charge in [0.25, 0.3) is 5.91 Å². The van der Waals surface area contributed by atoms with Crippen molar-refractivity contribution < 1.29 is 27.5 Å². The van der Waals surface area contributed by atoms with Gasteiger partial charge in [-0.25, -0.2) is 13.2 Å². The zero-order valence-corrected chi connectivity index (χ0v) is 16.8. The minimum absolute atomic E-state index is 0.339. The van der Waals surface area contributed by atoms with Crippen LogP contribution < -0.4 is 14.9 Å². The molecule has 0 saturated heterocycles. The number of ether oxygens (including phenoxy) is 1. The van der Waals surface area contributed by atoms with Gasteiger partial charge in [-0.15, -0.1) is 0 Å². The molecule has 0 aliphatic carbocycles. The topological polar surface area (TPSA) is 122 Å². The number of para-hydroxylation sites is 1. The van der Waals surface area contributed by atoms with Crippen LogP contribution in [-0.4, -0.2) is 51.3 Å². The maximum absolute atomic E-state index is 12.0. The molecule has 0 aliphatic rings. The van der Waals surface area contributed by atoms with Gasteiger partial charge < -0.3 is 10.1 Å². The fourth-order valence-electron chi connectivity index (χ4n) is 2.07. The van der Waals surface area contributed by atoms with Crippen molar-refractivity contribution >= 4 is 33.6 Å². The van der Waals surface area contributed by atoms with E-state index in [0.29, 0.717) is 11.3 Å². The number of rotatable bonds is 6. The predicted molar refractivity (Wildman–Crippen MR) is 101 cm³/mol. The zero-order chi connectivity index (χ0) is 20.8. The Balaban J connectivity index is 2.67. The van der Waals surface area contributed by atoms with Gasteiger partial charge in [0, 0.05) is 5.54 Å². The second-order valence-corrected chi connectivity index (χ2v) is 8.88. The van der Waals surface area contributed by atoms with E-state index in [0.717, 1.165) is 10.6 Å². The number of hydrogen-bond donors (Lipinski definition) is 2. The third kappa shape index (κ3) is 8.07. The second kappa shape index (κ2) is 8.85. The molecule has 1 rings (SSSR count). The normalized spacial score (nSPS) is 11.4. The third-order valence-electron chi connectivity index (χ3n) is 3.16. The van der Waals surface area contributed by atoms with E-state index < -0.39 is 46.6 Å². The van der Waals surface area contributed by atoms with E-state index in [2.05, 4.69) is 5.32 Å². The molecule has 1 aromatic rings. The summed E-state index contributed by atoms with van der Waals surface area (Å²) in [5.41, 5.74) is 0.461. The lowest BCUT2D eigenvalue weighted by molar-refractivity contribution is -0.146. The first-order valence-electron chi connectivity index (χ1n) is 8.10. The van der Waals surface area contributed by atoms with Crippen molar-refractivity contribution in [2.24, 2.45) is 0 Å². The molecular formula is C17H25N3O6S. The number of aryl methyl sites for hydroxylation is 1. The summed E-state index contributed by atoms with van der Waals surface area (Å²) in [6.07, 6.45) is 0.969. The maximum Gasteiger partial charge on any atom is 0.327 e. The minimum Gasteiger partial charge on any atom is -0.454 e. The van der Waals surface area contributed by atoms with Gasteiger partial charge in [0.2, 0.25) is 10.0 Å². The van der Waals surface area contributed by atoms with Crippen molar-refractivity contribution in [3.8, 4) is 0 Å². The largest absolute Gasteiger partial charge is 0.454 e. The van der Waals surface area contributed by atoms with Gasteiger partial charge in [0.1, 0.15) is 6.54 Å². The highest BCUT2D eigenvalue weighted by Crippen LogP contribution is 2.21. The maximum atomic E-state index is 12.0. The molecule has 0 aliphatic heterocycles. The van der Waals surface area contributed by atoms with Crippen LogP contribution in [-0.2, 0) is 24.3 Å². The van der Waals surface area contributed by atoms with Gasteiger partial charge in [-0.2, -0.15) is 0 Å². The zero-order valence-electron chi connectivity index (χ0n) is 16.0. The molecule has 3 amide bonds. The summed E-state index contributed by atoms with van der Waals surface area (Å²) in [5, 5.41) is 4.54. The summed E-state index contributed by atoms with van der Waals surface area (Å²) in [7, 11) is -3.75. The van der Waals surface area contributed by atoms with Gasteiger partial charge in [0.05, 0.1) is 11.9 Å². The molecule has 2 N–H and O–H groups in total. The van der Waals surface area contributed by atoms with Crippen molar-refractivity contribution in [1.82, 2.24) is 10.6 Å². The number of esters is 1. The van der Waals surface area contributed by atoms with Gasteiger partial charge >= 0.3 is 12.0 Å². The summed E-state index contributed by atoms with van der Waals surface area (Å²) in [5.74, 6) is -1.75. The van der Waals surface area contributed by atoms with Crippen LogP contribution in [0.25, 0.3) is 0 Å². The minimum atomic E-state index is -3.75. The molecule has 0 heterocycles. The molecule has 0 fully saturated rings. The summed E-state index contributed by atoms with van der Waals surface area (Å²) in [4.78, 5) is 35.2. The van der Waals surface area contributed by atoms with Crippen molar-refractivity contribution in [3.63, 3.8) is 0 Å². The average Bonchev–Trinajstić information content (AvgIpc) is 2.48. The first-order valence-corrected chi connectivity index (χ1v) is 9.95. The lowest BCUT2D eigenvalue weighted by atomic mass is 10.1. The van der Waals surface area contributed by atoms with Crippen molar-refractivity contribution in [1.29, 1.82) is 0 Å². The van der Waals surface area contributed by atoms with Crippen LogP contribution >= 0.6 is 0 Å². The average molecular weight is 399 g/mol. The number of carbonyl (C=O) groups excluding carboxylic acids is 3.